The third kappa shape index (κ3) is 3.58. The van der Waals surface area contributed by atoms with Crippen molar-refractivity contribution < 1.29 is 4.79 Å². The Labute approximate surface area is 110 Å². The van der Waals surface area contributed by atoms with Crippen LogP contribution >= 0.6 is 0 Å². The molecule has 0 aromatic rings. The molecular formula is C15H26N2O. The van der Waals surface area contributed by atoms with Crippen LogP contribution in [0.1, 0.15) is 51.9 Å². The number of allylic oxidation sites excluding steroid dienone is 1. The van der Waals surface area contributed by atoms with Crippen molar-refractivity contribution in [3.05, 3.63) is 11.6 Å². The molecule has 0 aromatic carbocycles. The van der Waals surface area contributed by atoms with Gasteiger partial charge < -0.3 is 10.6 Å². The summed E-state index contributed by atoms with van der Waals surface area (Å²) in [7, 11) is 0. The van der Waals surface area contributed by atoms with Crippen molar-refractivity contribution in [1.82, 2.24) is 4.90 Å². The Morgan fingerprint density at radius 3 is 2.72 bits per heavy atom. The summed E-state index contributed by atoms with van der Waals surface area (Å²) in [6, 6.07) is 0.267. The Balaban J connectivity index is 1.78. The number of carbonyl (C=O) groups excluding carboxylic acids is 1. The van der Waals surface area contributed by atoms with Gasteiger partial charge >= 0.3 is 0 Å². The molecule has 2 N–H and O–H groups in total. The second kappa shape index (κ2) is 6.37. The monoisotopic (exact) mass is 250 g/mol. The number of nitrogens with two attached hydrogens (primary N) is 1. The minimum absolute atomic E-state index is 0.267. The molecule has 2 rings (SSSR count). The number of rotatable bonds is 3. The highest BCUT2D eigenvalue weighted by atomic mass is 16.2. The van der Waals surface area contributed by atoms with Crippen molar-refractivity contribution in [2.45, 2.75) is 57.9 Å². The molecule has 1 fully saturated rings. The predicted molar refractivity (Wildman–Crippen MR) is 74.1 cm³/mol. The molecule has 1 heterocycles. The highest BCUT2D eigenvalue weighted by Crippen LogP contribution is 2.24. The largest absolute Gasteiger partial charge is 0.342 e. The SMILES string of the molecule is CC(N)C1CCN(C(=O)CC2=CCCCC2)CC1. The second-order valence-corrected chi connectivity index (χ2v) is 5.86. The molecule has 1 aliphatic carbocycles. The summed E-state index contributed by atoms with van der Waals surface area (Å²) in [6.45, 7) is 3.88. The van der Waals surface area contributed by atoms with Gasteiger partial charge in [-0.1, -0.05) is 11.6 Å². The maximum absolute atomic E-state index is 12.2. The van der Waals surface area contributed by atoms with Crippen LogP contribution in [0.5, 0.6) is 0 Å². The van der Waals surface area contributed by atoms with Gasteiger partial charge in [0.15, 0.2) is 0 Å². The minimum atomic E-state index is 0.267. The molecule has 2 aliphatic rings. The smallest absolute Gasteiger partial charge is 0.226 e. The summed E-state index contributed by atoms with van der Waals surface area (Å²) >= 11 is 0. The van der Waals surface area contributed by atoms with E-state index in [0.717, 1.165) is 38.8 Å². The van der Waals surface area contributed by atoms with E-state index in [2.05, 4.69) is 13.0 Å². The van der Waals surface area contributed by atoms with Crippen molar-refractivity contribution in [3.8, 4) is 0 Å². The maximum Gasteiger partial charge on any atom is 0.226 e. The van der Waals surface area contributed by atoms with Crippen molar-refractivity contribution in [1.29, 1.82) is 0 Å². The van der Waals surface area contributed by atoms with Crippen LogP contribution in [0.25, 0.3) is 0 Å². The molecule has 1 saturated heterocycles. The zero-order valence-corrected chi connectivity index (χ0v) is 11.5. The van der Waals surface area contributed by atoms with E-state index in [1.807, 2.05) is 4.90 Å². The van der Waals surface area contributed by atoms with Gasteiger partial charge in [-0.15, -0.1) is 0 Å². The van der Waals surface area contributed by atoms with Crippen LogP contribution in [0.4, 0.5) is 0 Å². The lowest BCUT2D eigenvalue weighted by Crippen LogP contribution is -2.42. The van der Waals surface area contributed by atoms with Crippen molar-refractivity contribution in [2.75, 3.05) is 13.1 Å². The van der Waals surface area contributed by atoms with Crippen LogP contribution in [0, 0.1) is 5.92 Å². The number of amides is 1. The van der Waals surface area contributed by atoms with Gasteiger partial charge in [0.25, 0.3) is 0 Å². The number of hydrogen-bond donors (Lipinski definition) is 1. The molecule has 18 heavy (non-hydrogen) atoms. The summed E-state index contributed by atoms with van der Waals surface area (Å²) in [6.07, 6.45) is 9.91. The number of carbonyl (C=O) groups is 1. The second-order valence-electron chi connectivity index (χ2n) is 5.86. The Bertz CT molecular complexity index is 314. The van der Waals surface area contributed by atoms with Gasteiger partial charge in [0.05, 0.1) is 0 Å². The third-order valence-electron chi connectivity index (χ3n) is 4.40. The first-order valence-electron chi connectivity index (χ1n) is 7.38. The zero-order valence-electron chi connectivity index (χ0n) is 11.5. The first-order valence-corrected chi connectivity index (χ1v) is 7.38. The lowest BCUT2D eigenvalue weighted by molar-refractivity contribution is -0.132. The number of likely N-dealkylation sites (tertiary alicyclic amines) is 1. The summed E-state index contributed by atoms with van der Waals surface area (Å²) in [5.74, 6) is 0.925. The summed E-state index contributed by atoms with van der Waals surface area (Å²) in [4.78, 5) is 14.2. The number of hydrogen-bond acceptors (Lipinski definition) is 2. The Kier molecular flexibility index (Phi) is 4.81. The van der Waals surface area contributed by atoms with Crippen LogP contribution in [0.3, 0.4) is 0 Å². The average Bonchev–Trinajstić information content (AvgIpc) is 2.40. The molecule has 0 radical (unpaired) electrons. The lowest BCUT2D eigenvalue weighted by Gasteiger charge is -2.34. The molecule has 0 saturated carbocycles. The van der Waals surface area contributed by atoms with E-state index in [4.69, 9.17) is 5.73 Å². The summed E-state index contributed by atoms with van der Waals surface area (Å²) in [5, 5.41) is 0. The van der Waals surface area contributed by atoms with E-state index in [9.17, 15) is 4.79 Å². The average molecular weight is 250 g/mol. The minimum Gasteiger partial charge on any atom is -0.342 e. The van der Waals surface area contributed by atoms with E-state index in [0.29, 0.717) is 18.2 Å². The highest BCUT2D eigenvalue weighted by Gasteiger charge is 2.25. The first kappa shape index (κ1) is 13.6. The van der Waals surface area contributed by atoms with E-state index < -0.39 is 0 Å². The van der Waals surface area contributed by atoms with E-state index >= 15 is 0 Å². The number of nitrogens with zero attached hydrogens (tertiary/aromatic N) is 1. The Morgan fingerprint density at radius 2 is 2.17 bits per heavy atom. The first-order chi connectivity index (χ1) is 8.66. The van der Waals surface area contributed by atoms with Gasteiger partial charge in [0, 0.05) is 25.6 Å². The molecular weight excluding hydrogens is 224 g/mol. The molecule has 1 unspecified atom stereocenters. The standard InChI is InChI=1S/C15H26N2O/c1-12(16)14-7-9-17(10-8-14)15(18)11-13-5-3-2-4-6-13/h5,12,14H,2-4,6-11,16H2,1H3. The Morgan fingerprint density at radius 1 is 1.44 bits per heavy atom. The van der Waals surface area contributed by atoms with Crippen molar-refractivity contribution >= 4 is 5.91 Å². The Hall–Kier alpha value is -0.830. The summed E-state index contributed by atoms with van der Waals surface area (Å²) in [5.41, 5.74) is 7.29. The molecule has 3 heteroatoms. The molecule has 1 aliphatic heterocycles. The fourth-order valence-corrected chi connectivity index (χ4v) is 3.05. The lowest BCUT2D eigenvalue weighted by atomic mass is 9.90. The normalized spacial score (nSPS) is 23.7. The highest BCUT2D eigenvalue weighted by molar-refractivity contribution is 5.78. The quantitative estimate of drug-likeness (QED) is 0.782. The van der Waals surface area contributed by atoms with Crippen LogP contribution in [0.15, 0.2) is 11.6 Å². The van der Waals surface area contributed by atoms with E-state index in [-0.39, 0.29) is 6.04 Å². The van der Waals surface area contributed by atoms with E-state index in [1.165, 1.54) is 18.4 Å². The molecule has 0 bridgehead atoms. The van der Waals surface area contributed by atoms with Crippen LogP contribution < -0.4 is 5.73 Å². The van der Waals surface area contributed by atoms with Gasteiger partial charge in [-0.3, -0.25) is 4.79 Å². The van der Waals surface area contributed by atoms with Crippen LogP contribution in [-0.4, -0.2) is 29.9 Å². The van der Waals surface area contributed by atoms with Gasteiger partial charge in [0.1, 0.15) is 0 Å². The van der Waals surface area contributed by atoms with Crippen molar-refractivity contribution in [3.63, 3.8) is 0 Å². The molecule has 3 nitrogen and oxygen atoms in total. The van der Waals surface area contributed by atoms with Crippen LogP contribution in [0.2, 0.25) is 0 Å². The molecule has 102 valence electrons. The topological polar surface area (TPSA) is 46.3 Å². The fraction of sp³-hybridized carbons (Fsp3) is 0.800. The fourth-order valence-electron chi connectivity index (χ4n) is 3.05. The third-order valence-corrected chi connectivity index (χ3v) is 4.40. The predicted octanol–water partition coefficient (Wildman–Crippen LogP) is 2.46. The van der Waals surface area contributed by atoms with Gasteiger partial charge in [-0.2, -0.15) is 0 Å². The van der Waals surface area contributed by atoms with Gasteiger partial charge in [-0.25, -0.2) is 0 Å². The number of piperidine rings is 1. The van der Waals surface area contributed by atoms with Crippen LogP contribution in [-0.2, 0) is 4.79 Å². The van der Waals surface area contributed by atoms with E-state index in [1.54, 1.807) is 0 Å². The maximum atomic E-state index is 12.2. The zero-order chi connectivity index (χ0) is 13.0. The van der Waals surface area contributed by atoms with Crippen molar-refractivity contribution in [2.24, 2.45) is 11.7 Å². The molecule has 0 spiro atoms. The van der Waals surface area contributed by atoms with Gasteiger partial charge in [0.2, 0.25) is 5.91 Å². The molecule has 0 aromatic heterocycles. The molecule has 1 amide bonds. The summed E-state index contributed by atoms with van der Waals surface area (Å²) < 4.78 is 0. The molecule has 1 atom stereocenters. The van der Waals surface area contributed by atoms with Gasteiger partial charge in [-0.05, 0) is 51.4 Å².